The number of nitrogens with one attached hydrogen (secondary N) is 1. The first-order valence-electron chi connectivity index (χ1n) is 5.78. The van der Waals surface area contributed by atoms with Crippen molar-refractivity contribution in [2.24, 2.45) is 0 Å². The Bertz CT molecular complexity index is 553. The molecule has 0 saturated carbocycles. The zero-order chi connectivity index (χ0) is 14.6. The smallest absolute Gasteiger partial charge is 0.396 e. The summed E-state index contributed by atoms with van der Waals surface area (Å²) in [5.41, 5.74) is 0.0440. The van der Waals surface area contributed by atoms with E-state index >= 15 is 0 Å². The van der Waals surface area contributed by atoms with Crippen molar-refractivity contribution in [3.63, 3.8) is 0 Å². The van der Waals surface area contributed by atoms with Gasteiger partial charge in [0.25, 0.3) is 0 Å². The van der Waals surface area contributed by atoms with Gasteiger partial charge in [-0.05, 0) is 5.56 Å². The van der Waals surface area contributed by atoms with Crippen molar-refractivity contribution in [2.45, 2.75) is 18.5 Å². The van der Waals surface area contributed by atoms with Crippen LogP contribution in [-0.2, 0) is 4.79 Å². The number of hydrogen-bond donors (Lipinski definition) is 1. The topological polar surface area (TPSA) is 55.1 Å². The van der Waals surface area contributed by atoms with E-state index in [2.05, 4.69) is 10.3 Å². The predicted molar refractivity (Wildman–Crippen MR) is 65.0 cm³/mol. The van der Waals surface area contributed by atoms with Crippen LogP contribution in [0.25, 0.3) is 0 Å². The Kier molecular flexibility index (Phi) is 4.07. The summed E-state index contributed by atoms with van der Waals surface area (Å²) in [6.07, 6.45) is -2.73. The average molecular weight is 284 g/mol. The second-order valence-corrected chi connectivity index (χ2v) is 4.09. The van der Waals surface area contributed by atoms with Crippen LogP contribution in [0.1, 0.15) is 17.9 Å². The molecule has 106 valence electrons. The fraction of sp³-hybridized carbons (Fsp3) is 0.231. The number of alkyl halides is 3. The van der Waals surface area contributed by atoms with Crippen LogP contribution >= 0.6 is 0 Å². The van der Waals surface area contributed by atoms with Gasteiger partial charge in [0.1, 0.15) is 6.26 Å². The highest BCUT2D eigenvalue weighted by atomic mass is 19.4. The predicted octanol–water partition coefficient (Wildman–Crippen LogP) is 3.35. The van der Waals surface area contributed by atoms with E-state index in [0.717, 1.165) is 0 Å². The maximum absolute atomic E-state index is 13.0. The van der Waals surface area contributed by atoms with Gasteiger partial charge in [0.15, 0.2) is 0 Å². The van der Waals surface area contributed by atoms with Crippen LogP contribution in [0.15, 0.2) is 47.2 Å². The zero-order valence-corrected chi connectivity index (χ0v) is 10.2. The summed E-state index contributed by atoms with van der Waals surface area (Å²) in [7, 11) is 0. The van der Waals surface area contributed by atoms with Crippen molar-refractivity contribution in [2.75, 3.05) is 5.32 Å². The van der Waals surface area contributed by atoms with Crippen molar-refractivity contribution >= 4 is 11.9 Å². The van der Waals surface area contributed by atoms with Crippen LogP contribution in [0.2, 0.25) is 0 Å². The summed E-state index contributed by atoms with van der Waals surface area (Å²) >= 11 is 0. The van der Waals surface area contributed by atoms with Crippen LogP contribution < -0.4 is 5.32 Å². The molecular formula is C13H11F3N2O2. The molecule has 1 aromatic heterocycles. The quantitative estimate of drug-likeness (QED) is 0.936. The summed E-state index contributed by atoms with van der Waals surface area (Å²) in [6.45, 7) is 0. The van der Waals surface area contributed by atoms with Crippen LogP contribution in [0.5, 0.6) is 0 Å². The summed E-state index contributed by atoms with van der Waals surface area (Å²) in [5, 5.41) is 2.18. The monoisotopic (exact) mass is 284 g/mol. The van der Waals surface area contributed by atoms with Crippen molar-refractivity contribution in [3.8, 4) is 0 Å². The van der Waals surface area contributed by atoms with Gasteiger partial charge < -0.3 is 4.42 Å². The van der Waals surface area contributed by atoms with Gasteiger partial charge in [0.05, 0.1) is 12.1 Å². The Morgan fingerprint density at radius 2 is 2.00 bits per heavy atom. The number of halogens is 3. The lowest BCUT2D eigenvalue weighted by molar-refractivity contribution is -0.156. The van der Waals surface area contributed by atoms with E-state index in [1.54, 1.807) is 6.07 Å². The van der Waals surface area contributed by atoms with E-state index in [9.17, 15) is 18.0 Å². The van der Waals surface area contributed by atoms with E-state index in [0.29, 0.717) is 0 Å². The SMILES string of the molecule is O=C(CC(c1ccccc1)C(F)(F)F)Nc1ncco1. The van der Waals surface area contributed by atoms with Gasteiger partial charge in [-0.3, -0.25) is 10.1 Å². The van der Waals surface area contributed by atoms with Crippen LogP contribution in [0, 0.1) is 0 Å². The molecule has 2 rings (SSSR count). The lowest BCUT2D eigenvalue weighted by Crippen LogP contribution is -2.26. The van der Waals surface area contributed by atoms with Crippen molar-refractivity contribution in [1.82, 2.24) is 4.98 Å². The summed E-state index contributed by atoms with van der Waals surface area (Å²) in [4.78, 5) is 15.2. The van der Waals surface area contributed by atoms with Crippen molar-refractivity contribution in [3.05, 3.63) is 48.4 Å². The first kappa shape index (κ1) is 14.1. The number of amides is 1. The molecule has 1 N–H and O–H groups in total. The van der Waals surface area contributed by atoms with Gasteiger partial charge in [-0.1, -0.05) is 30.3 Å². The number of aromatic nitrogens is 1. The highest BCUT2D eigenvalue weighted by molar-refractivity contribution is 5.89. The zero-order valence-electron chi connectivity index (χ0n) is 10.2. The highest BCUT2D eigenvalue weighted by Crippen LogP contribution is 2.37. The minimum atomic E-state index is -4.50. The molecule has 0 fully saturated rings. The summed E-state index contributed by atoms with van der Waals surface area (Å²) in [5.74, 6) is -2.67. The largest absolute Gasteiger partial charge is 0.432 e. The molecule has 0 radical (unpaired) electrons. The van der Waals surface area contributed by atoms with Gasteiger partial charge in [0.2, 0.25) is 5.91 Å². The number of oxazole rings is 1. The van der Waals surface area contributed by atoms with E-state index in [4.69, 9.17) is 4.42 Å². The minimum absolute atomic E-state index is 0.0440. The lowest BCUT2D eigenvalue weighted by atomic mass is 9.95. The second-order valence-electron chi connectivity index (χ2n) is 4.09. The van der Waals surface area contributed by atoms with Crippen LogP contribution in [-0.4, -0.2) is 17.1 Å². The molecule has 1 amide bonds. The molecule has 1 heterocycles. The molecule has 0 aliphatic rings. The molecule has 2 aromatic rings. The molecule has 1 aromatic carbocycles. The number of benzene rings is 1. The standard InChI is InChI=1S/C13H11F3N2O2/c14-13(15,16)10(9-4-2-1-3-5-9)8-11(19)18-12-17-6-7-20-12/h1-7,10H,8H2,(H,17,18,19). The van der Waals surface area contributed by atoms with Gasteiger partial charge in [-0.25, -0.2) is 4.98 Å². The maximum Gasteiger partial charge on any atom is 0.396 e. The third-order valence-electron chi connectivity index (χ3n) is 2.67. The van der Waals surface area contributed by atoms with Crippen LogP contribution in [0.3, 0.4) is 0 Å². The first-order chi connectivity index (χ1) is 9.47. The molecule has 4 nitrogen and oxygen atoms in total. The van der Waals surface area contributed by atoms with E-state index in [1.807, 2.05) is 0 Å². The maximum atomic E-state index is 13.0. The number of carbonyl (C=O) groups is 1. The molecule has 0 bridgehead atoms. The molecule has 7 heteroatoms. The van der Waals surface area contributed by atoms with Crippen LogP contribution in [0.4, 0.5) is 19.2 Å². The van der Waals surface area contributed by atoms with Gasteiger partial charge in [0, 0.05) is 6.42 Å². The van der Waals surface area contributed by atoms with E-state index in [-0.39, 0.29) is 11.6 Å². The Labute approximate surface area is 112 Å². The van der Waals surface area contributed by atoms with Crippen molar-refractivity contribution in [1.29, 1.82) is 0 Å². The van der Waals surface area contributed by atoms with Crippen molar-refractivity contribution < 1.29 is 22.4 Å². The molecular weight excluding hydrogens is 273 g/mol. The molecule has 0 spiro atoms. The fourth-order valence-electron chi connectivity index (χ4n) is 1.75. The third kappa shape index (κ3) is 3.59. The van der Waals surface area contributed by atoms with E-state index in [1.165, 1.54) is 36.7 Å². The second kappa shape index (κ2) is 5.77. The molecule has 1 atom stereocenters. The lowest BCUT2D eigenvalue weighted by Gasteiger charge is -2.19. The average Bonchev–Trinajstić information content (AvgIpc) is 2.88. The van der Waals surface area contributed by atoms with Gasteiger partial charge in [-0.15, -0.1) is 0 Å². The number of rotatable bonds is 4. The number of nitrogens with zero attached hydrogens (tertiary/aromatic N) is 1. The van der Waals surface area contributed by atoms with Gasteiger partial charge >= 0.3 is 12.2 Å². The highest BCUT2D eigenvalue weighted by Gasteiger charge is 2.41. The molecule has 1 unspecified atom stereocenters. The first-order valence-corrected chi connectivity index (χ1v) is 5.78. The van der Waals surface area contributed by atoms with Gasteiger partial charge in [-0.2, -0.15) is 13.2 Å². The molecule has 20 heavy (non-hydrogen) atoms. The number of carbonyl (C=O) groups excluding carboxylic acids is 1. The Morgan fingerprint density at radius 3 is 2.55 bits per heavy atom. The number of anilines is 1. The Balaban J connectivity index is 2.11. The molecule has 0 aliphatic carbocycles. The minimum Gasteiger partial charge on any atom is -0.432 e. The number of hydrogen-bond acceptors (Lipinski definition) is 3. The fourth-order valence-corrected chi connectivity index (χ4v) is 1.75. The Morgan fingerprint density at radius 1 is 1.30 bits per heavy atom. The Hall–Kier alpha value is -2.31. The third-order valence-corrected chi connectivity index (χ3v) is 2.67. The van der Waals surface area contributed by atoms with E-state index < -0.39 is 24.4 Å². The summed E-state index contributed by atoms with van der Waals surface area (Å²) < 4.78 is 43.8. The molecule has 0 saturated heterocycles. The normalized spacial score (nSPS) is 12.9. The molecule has 0 aliphatic heterocycles. The summed E-state index contributed by atoms with van der Waals surface area (Å²) in [6, 6.07) is 7.18.